The average molecular weight is 243 g/mol. The minimum atomic E-state index is -0.123. The van der Waals surface area contributed by atoms with Crippen LogP contribution in [0, 0.1) is 0 Å². The van der Waals surface area contributed by atoms with Crippen molar-refractivity contribution < 1.29 is 9.53 Å². The van der Waals surface area contributed by atoms with E-state index in [-0.39, 0.29) is 11.5 Å². The Bertz CT molecular complexity index is 206. The first kappa shape index (κ1) is 16.4. The van der Waals surface area contributed by atoms with Crippen LogP contribution in [0.4, 0.5) is 0 Å². The van der Waals surface area contributed by atoms with E-state index in [0.29, 0.717) is 6.42 Å². The molecule has 0 saturated heterocycles. The number of esters is 1. The Balaban J connectivity index is 3.98. The zero-order chi connectivity index (χ0) is 13.1. The fraction of sp³-hybridized carbons (Fsp3) is 0.929. The summed E-state index contributed by atoms with van der Waals surface area (Å²) < 4.78 is 4.76. The van der Waals surface area contributed by atoms with E-state index in [4.69, 9.17) is 4.74 Å². The third-order valence-electron chi connectivity index (χ3n) is 3.20. The van der Waals surface area contributed by atoms with Gasteiger partial charge in [0.2, 0.25) is 0 Å². The number of unbranched alkanes of at least 4 members (excludes halogenated alkanes) is 4. The van der Waals surface area contributed by atoms with E-state index in [1.165, 1.54) is 39.2 Å². The normalized spacial score (nSPS) is 14.4. The second-order valence-corrected chi connectivity index (χ2v) is 5.01. The van der Waals surface area contributed by atoms with Gasteiger partial charge in [0.25, 0.3) is 0 Å². The minimum absolute atomic E-state index is 0.103. The van der Waals surface area contributed by atoms with E-state index in [2.05, 4.69) is 26.1 Å². The molecule has 0 fully saturated rings. The van der Waals surface area contributed by atoms with Crippen molar-refractivity contribution in [2.24, 2.45) is 0 Å². The number of hydrogen-bond donors (Lipinski definition) is 1. The van der Waals surface area contributed by atoms with Crippen molar-refractivity contribution in [3.8, 4) is 0 Å². The molecule has 1 N–H and O–H groups in total. The smallest absolute Gasteiger partial charge is 0.307 e. The molecule has 0 aliphatic rings. The number of nitrogens with one attached hydrogen (secondary N) is 1. The monoisotopic (exact) mass is 243 g/mol. The highest BCUT2D eigenvalue weighted by molar-refractivity contribution is 5.70. The highest BCUT2D eigenvalue weighted by Crippen LogP contribution is 2.20. The van der Waals surface area contributed by atoms with E-state index in [1.807, 2.05) is 0 Å². The molecular weight excluding hydrogens is 214 g/mol. The molecule has 0 aliphatic heterocycles. The molecule has 1 unspecified atom stereocenters. The molecule has 0 amide bonds. The predicted molar refractivity (Wildman–Crippen MR) is 72.1 cm³/mol. The quantitative estimate of drug-likeness (QED) is 0.473. The summed E-state index contributed by atoms with van der Waals surface area (Å²) in [7, 11) is 1.45. The molecule has 0 aromatic heterocycles. The molecule has 1 atom stereocenters. The third kappa shape index (κ3) is 8.19. The van der Waals surface area contributed by atoms with Gasteiger partial charge in [0.05, 0.1) is 13.5 Å². The number of methoxy groups -OCH3 is 1. The van der Waals surface area contributed by atoms with E-state index < -0.39 is 0 Å². The minimum Gasteiger partial charge on any atom is -0.469 e. The molecule has 0 saturated carbocycles. The largest absolute Gasteiger partial charge is 0.469 e. The van der Waals surface area contributed by atoms with E-state index >= 15 is 0 Å². The van der Waals surface area contributed by atoms with Crippen molar-refractivity contribution in [3.63, 3.8) is 0 Å². The number of carbonyl (C=O) groups is 1. The maximum Gasteiger partial charge on any atom is 0.307 e. The van der Waals surface area contributed by atoms with E-state index in [9.17, 15) is 4.79 Å². The van der Waals surface area contributed by atoms with E-state index in [0.717, 1.165) is 13.0 Å². The summed E-state index contributed by atoms with van der Waals surface area (Å²) in [5.74, 6) is -0.123. The first-order valence-electron chi connectivity index (χ1n) is 6.89. The van der Waals surface area contributed by atoms with Gasteiger partial charge in [-0.25, -0.2) is 0 Å². The van der Waals surface area contributed by atoms with Crippen LogP contribution < -0.4 is 5.32 Å². The Morgan fingerprint density at radius 3 is 2.35 bits per heavy atom. The molecule has 0 aromatic rings. The number of ether oxygens (including phenoxy) is 1. The standard InChI is InChI=1S/C14H29NO2/c1-5-7-8-9-10-11-14(3,15-6-2)12-13(16)17-4/h15H,5-12H2,1-4H3. The summed E-state index contributed by atoms with van der Waals surface area (Å²) in [4.78, 5) is 11.4. The maximum absolute atomic E-state index is 11.4. The van der Waals surface area contributed by atoms with Gasteiger partial charge in [0.15, 0.2) is 0 Å². The van der Waals surface area contributed by atoms with Gasteiger partial charge in [-0.05, 0) is 19.9 Å². The molecule has 0 aromatic carbocycles. The van der Waals surface area contributed by atoms with Gasteiger partial charge in [-0.1, -0.05) is 46.0 Å². The highest BCUT2D eigenvalue weighted by atomic mass is 16.5. The van der Waals surface area contributed by atoms with Crippen LogP contribution in [0.2, 0.25) is 0 Å². The molecule has 102 valence electrons. The van der Waals surface area contributed by atoms with Crippen LogP contribution in [0.25, 0.3) is 0 Å². The lowest BCUT2D eigenvalue weighted by Gasteiger charge is -2.29. The summed E-state index contributed by atoms with van der Waals surface area (Å²) >= 11 is 0. The second kappa shape index (κ2) is 9.46. The molecule has 0 radical (unpaired) electrons. The van der Waals surface area contributed by atoms with Crippen molar-refractivity contribution in [1.82, 2.24) is 5.32 Å². The fourth-order valence-corrected chi connectivity index (χ4v) is 2.18. The van der Waals surface area contributed by atoms with Gasteiger partial charge in [-0.2, -0.15) is 0 Å². The Labute approximate surface area is 106 Å². The van der Waals surface area contributed by atoms with Crippen molar-refractivity contribution in [2.45, 2.75) is 71.3 Å². The zero-order valence-corrected chi connectivity index (χ0v) is 12.0. The zero-order valence-electron chi connectivity index (χ0n) is 12.0. The number of rotatable bonds is 10. The molecule has 3 nitrogen and oxygen atoms in total. The lowest BCUT2D eigenvalue weighted by atomic mass is 9.90. The Morgan fingerprint density at radius 2 is 1.82 bits per heavy atom. The summed E-state index contributed by atoms with van der Waals surface area (Å²) in [5.41, 5.74) is -0.103. The Hall–Kier alpha value is -0.570. The summed E-state index contributed by atoms with van der Waals surface area (Å²) in [6.07, 6.45) is 7.83. The first-order chi connectivity index (χ1) is 8.08. The summed E-state index contributed by atoms with van der Waals surface area (Å²) in [6.45, 7) is 7.31. The average Bonchev–Trinajstić information content (AvgIpc) is 2.29. The molecular formula is C14H29NO2. The van der Waals surface area contributed by atoms with Crippen molar-refractivity contribution in [2.75, 3.05) is 13.7 Å². The summed E-state index contributed by atoms with van der Waals surface area (Å²) in [5, 5.41) is 3.41. The second-order valence-electron chi connectivity index (χ2n) is 5.01. The number of hydrogen-bond acceptors (Lipinski definition) is 3. The third-order valence-corrected chi connectivity index (χ3v) is 3.20. The molecule has 0 rings (SSSR count). The van der Waals surface area contributed by atoms with Crippen LogP contribution in [-0.4, -0.2) is 25.2 Å². The van der Waals surface area contributed by atoms with Crippen LogP contribution in [0.3, 0.4) is 0 Å². The van der Waals surface area contributed by atoms with E-state index in [1.54, 1.807) is 0 Å². The predicted octanol–water partition coefficient (Wildman–Crippen LogP) is 3.28. The van der Waals surface area contributed by atoms with Crippen molar-refractivity contribution in [3.05, 3.63) is 0 Å². The molecule has 0 heterocycles. The van der Waals surface area contributed by atoms with Crippen LogP contribution in [-0.2, 0) is 9.53 Å². The molecule has 17 heavy (non-hydrogen) atoms. The Kier molecular flexibility index (Phi) is 9.14. The van der Waals surface area contributed by atoms with Crippen LogP contribution in [0.1, 0.15) is 65.7 Å². The Morgan fingerprint density at radius 1 is 1.18 bits per heavy atom. The van der Waals surface area contributed by atoms with Gasteiger partial charge < -0.3 is 10.1 Å². The van der Waals surface area contributed by atoms with Gasteiger partial charge in [0, 0.05) is 5.54 Å². The lowest BCUT2D eigenvalue weighted by Crippen LogP contribution is -2.44. The highest BCUT2D eigenvalue weighted by Gasteiger charge is 2.26. The fourth-order valence-electron chi connectivity index (χ4n) is 2.18. The van der Waals surface area contributed by atoms with Crippen molar-refractivity contribution in [1.29, 1.82) is 0 Å². The van der Waals surface area contributed by atoms with Crippen LogP contribution in [0.15, 0.2) is 0 Å². The summed E-state index contributed by atoms with van der Waals surface area (Å²) in [6, 6.07) is 0. The van der Waals surface area contributed by atoms with Gasteiger partial charge in [0.1, 0.15) is 0 Å². The maximum atomic E-state index is 11.4. The van der Waals surface area contributed by atoms with Crippen LogP contribution in [0.5, 0.6) is 0 Å². The topological polar surface area (TPSA) is 38.3 Å². The van der Waals surface area contributed by atoms with Gasteiger partial charge in [-0.15, -0.1) is 0 Å². The molecule has 0 aliphatic carbocycles. The van der Waals surface area contributed by atoms with Crippen molar-refractivity contribution >= 4 is 5.97 Å². The van der Waals surface area contributed by atoms with Gasteiger partial charge >= 0.3 is 5.97 Å². The SMILES string of the molecule is CCCCCCCC(C)(CC(=O)OC)NCC. The molecule has 0 spiro atoms. The first-order valence-corrected chi connectivity index (χ1v) is 6.89. The number of carbonyl (C=O) groups excluding carboxylic acids is 1. The van der Waals surface area contributed by atoms with Crippen LogP contribution >= 0.6 is 0 Å². The van der Waals surface area contributed by atoms with Gasteiger partial charge in [-0.3, -0.25) is 4.79 Å². The molecule has 0 bridgehead atoms. The molecule has 3 heteroatoms. The lowest BCUT2D eigenvalue weighted by molar-refractivity contribution is -0.142.